The predicted octanol–water partition coefficient (Wildman–Crippen LogP) is 6.12. The molecule has 178 valence electrons. The van der Waals surface area contributed by atoms with Crippen LogP contribution in [0.1, 0.15) is 26.4 Å². The van der Waals surface area contributed by atoms with Crippen LogP contribution in [0.25, 0.3) is 10.1 Å². The standard InChI is InChI=1S/C25H20ClN3O5S/c1-15-11-18(8-9-20(15)29(31)32)34-14-17-12-16(7-10-21(17)33-2)13-27-28-25(30)24-23(26)19-5-3-4-6-22(19)35-24/h3-13H,14H2,1-2H3,(H,28,30)/b27-13+. The molecule has 0 atom stereocenters. The van der Waals surface area contributed by atoms with Crippen LogP contribution in [-0.4, -0.2) is 24.2 Å². The maximum absolute atomic E-state index is 12.6. The van der Waals surface area contributed by atoms with Crippen molar-refractivity contribution in [2.24, 2.45) is 5.10 Å². The van der Waals surface area contributed by atoms with Crippen LogP contribution in [-0.2, 0) is 6.61 Å². The monoisotopic (exact) mass is 509 g/mol. The molecule has 8 nitrogen and oxygen atoms in total. The van der Waals surface area contributed by atoms with Crippen LogP contribution < -0.4 is 14.9 Å². The number of thiophene rings is 1. The number of aryl methyl sites for hydroxylation is 1. The molecule has 35 heavy (non-hydrogen) atoms. The van der Waals surface area contributed by atoms with E-state index in [1.807, 2.05) is 30.3 Å². The van der Waals surface area contributed by atoms with E-state index in [9.17, 15) is 14.9 Å². The van der Waals surface area contributed by atoms with Crippen molar-refractivity contribution in [3.63, 3.8) is 0 Å². The molecule has 3 aromatic carbocycles. The number of nitro groups is 1. The third-order valence-corrected chi connectivity index (χ3v) is 6.86. The van der Waals surface area contributed by atoms with Crippen molar-refractivity contribution in [3.8, 4) is 11.5 Å². The summed E-state index contributed by atoms with van der Waals surface area (Å²) in [4.78, 5) is 23.5. The first kappa shape index (κ1) is 24.2. The fourth-order valence-electron chi connectivity index (χ4n) is 3.45. The summed E-state index contributed by atoms with van der Waals surface area (Å²) in [5.41, 5.74) is 4.51. The Morgan fingerprint density at radius 2 is 2.00 bits per heavy atom. The molecule has 0 fully saturated rings. The summed E-state index contributed by atoms with van der Waals surface area (Å²) in [5.74, 6) is 0.724. The maximum atomic E-state index is 12.6. The van der Waals surface area contributed by atoms with Gasteiger partial charge in [-0.1, -0.05) is 29.8 Å². The Balaban J connectivity index is 1.45. The van der Waals surface area contributed by atoms with Gasteiger partial charge in [0.2, 0.25) is 0 Å². The average Bonchev–Trinajstić information content (AvgIpc) is 3.19. The Hall–Kier alpha value is -3.95. The number of amides is 1. The highest BCUT2D eigenvalue weighted by atomic mass is 35.5. The van der Waals surface area contributed by atoms with E-state index >= 15 is 0 Å². The number of ether oxygens (including phenoxy) is 2. The van der Waals surface area contributed by atoms with Crippen molar-refractivity contribution in [2.75, 3.05) is 7.11 Å². The molecule has 4 aromatic rings. The Morgan fingerprint density at radius 1 is 1.20 bits per heavy atom. The molecule has 0 radical (unpaired) electrons. The molecule has 0 saturated carbocycles. The number of fused-ring (bicyclic) bond motifs is 1. The molecule has 1 N–H and O–H groups in total. The molecule has 0 unspecified atom stereocenters. The fourth-order valence-corrected chi connectivity index (χ4v) is 4.86. The molecule has 1 aromatic heterocycles. The highest BCUT2D eigenvalue weighted by molar-refractivity contribution is 7.21. The molecular weight excluding hydrogens is 490 g/mol. The third-order valence-electron chi connectivity index (χ3n) is 5.18. The molecule has 1 amide bonds. The number of hydrazone groups is 1. The van der Waals surface area contributed by atoms with Gasteiger partial charge in [-0.15, -0.1) is 11.3 Å². The minimum atomic E-state index is -0.432. The van der Waals surface area contributed by atoms with Gasteiger partial charge >= 0.3 is 0 Å². The summed E-state index contributed by atoms with van der Waals surface area (Å²) >= 11 is 7.66. The number of nitrogens with zero attached hydrogens (tertiary/aromatic N) is 2. The second-order valence-corrected chi connectivity index (χ2v) is 8.94. The van der Waals surface area contributed by atoms with Gasteiger partial charge in [-0.25, -0.2) is 5.43 Å². The van der Waals surface area contributed by atoms with Gasteiger partial charge in [0.25, 0.3) is 11.6 Å². The number of carbonyl (C=O) groups excluding carboxylic acids is 1. The molecule has 4 rings (SSSR count). The van der Waals surface area contributed by atoms with E-state index in [4.69, 9.17) is 21.1 Å². The first-order valence-corrected chi connectivity index (χ1v) is 11.6. The lowest BCUT2D eigenvalue weighted by Crippen LogP contribution is -2.16. The summed E-state index contributed by atoms with van der Waals surface area (Å²) in [6.45, 7) is 1.83. The number of nitro benzene ring substituents is 1. The highest BCUT2D eigenvalue weighted by Gasteiger charge is 2.16. The Labute approximate surface area is 209 Å². The number of carbonyl (C=O) groups is 1. The first-order chi connectivity index (χ1) is 16.9. The van der Waals surface area contributed by atoms with Crippen LogP contribution in [0.15, 0.2) is 65.8 Å². The number of benzene rings is 3. The van der Waals surface area contributed by atoms with Gasteiger partial charge in [0.05, 0.1) is 23.3 Å². The van der Waals surface area contributed by atoms with Crippen molar-refractivity contribution in [2.45, 2.75) is 13.5 Å². The smallest absolute Gasteiger partial charge is 0.283 e. The molecule has 0 bridgehead atoms. The number of hydrogen-bond acceptors (Lipinski definition) is 7. The molecule has 10 heteroatoms. The van der Waals surface area contributed by atoms with Crippen molar-refractivity contribution in [1.82, 2.24) is 5.43 Å². The molecule has 0 spiro atoms. The van der Waals surface area contributed by atoms with E-state index in [0.717, 1.165) is 15.6 Å². The van der Waals surface area contributed by atoms with Crippen molar-refractivity contribution < 1.29 is 19.2 Å². The van der Waals surface area contributed by atoms with E-state index < -0.39 is 10.8 Å². The Bertz CT molecular complexity index is 1450. The lowest BCUT2D eigenvalue weighted by Gasteiger charge is -2.11. The van der Waals surface area contributed by atoms with Gasteiger partial charge in [-0.2, -0.15) is 5.10 Å². The number of methoxy groups -OCH3 is 1. The number of rotatable bonds is 8. The Kier molecular flexibility index (Phi) is 7.28. The SMILES string of the molecule is COc1ccc(/C=N/NC(=O)c2sc3ccccc3c2Cl)cc1COc1ccc([N+](=O)[O-])c(C)c1. The van der Waals surface area contributed by atoms with Crippen LogP contribution in [0.5, 0.6) is 11.5 Å². The minimum absolute atomic E-state index is 0.0344. The zero-order chi connectivity index (χ0) is 24.9. The second kappa shape index (κ2) is 10.5. The van der Waals surface area contributed by atoms with Crippen LogP contribution in [0, 0.1) is 17.0 Å². The summed E-state index contributed by atoms with van der Waals surface area (Å²) in [6, 6.07) is 17.5. The third kappa shape index (κ3) is 5.42. The highest BCUT2D eigenvalue weighted by Crippen LogP contribution is 2.35. The molecule has 0 saturated heterocycles. The van der Waals surface area contributed by atoms with Crippen molar-refractivity contribution in [1.29, 1.82) is 0 Å². The average molecular weight is 510 g/mol. The van der Waals surface area contributed by atoms with Gasteiger partial charge in [0.1, 0.15) is 23.0 Å². The number of nitrogens with one attached hydrogen (secondary N) is 1. The van der Waals surface area contributed by atoms with Crippen molar-refractivity contribution >= 4 is 50.8 Å². The lowest BCUT2D eigenvalue weighted by molar-refractivity contribution is -0.385. The summed E-state index contributed by atoms with van der Waals surface area (Å²) in [6.07, 6.45) is 1.51. The van der Waals surface area contributed by atoms with Gasteiger partial charge in [0, 0.05) is 27.3 Å². The molecule has 1 heterocycles. The topological polar surface area (TPSA) is 103 Å². The van der Waals surface area contributed by atoms with Crippen LogP contribution in [0.3, 0.4) is 0 Å². The second-order valence-electron chi connectivity index (χ2n) is 7.51. The Morgan fingerprint density at radius 3 is 2.71 bits per heavy atom. The van der Waals surface area contributed by atoms with Gasteiger partial charge in [-0.05, 0) is 48.9 Å². The van der Waals surface area contributed by atoms with Crippen LogP contribution in [0.4, 0.5) is 5.69 Å². The van der Waals surface area contributed by atoms with Gasteiger partial charge in [-0.3, -0.25) is 14.9 Å². The quantitative estimate of drug-likeness (QED) is 0.175. The fraction of sp³-hybridized carbons (Fsp3) is 0.120. The van der Waals surface area contributed by atoms with E-state index in [0.29, 0.717) is 32.5 Å². The number of halogens is 1. The van der Waals surface area contributed by atoms with Crippen LogP contribution in [0.2, 0.25) is 5.02 Å². The van der Waals surface area contributed by atoms with Crippen LogP contribution >= 0.6 is 22.9 Å². The summed E-state index contributed by atoms with van der Waals surface area (Å²) < 4.78 is 12.2. The minimum Gasteiger partial charge on any atom is -0.496 e. The molecule has 0 aliphatic carbocycles. The first-order valence-electron chi connectivity index (χ1n) is 10.4. The van der Waals surface area contributed by atoms with Crippen molar-refractivity contribution in [3.05, 3.63) is 97.4 Å². The largest absolute Gasteiger partial charge is 0.496 e. The molecular formula is C25H20ClN3O5S. The zero-order valence-electron chi connectivity index (χ0n) is 18.8. The molecule has 0 aliphatic heterocycles. The predicted molar refractivity (Wildman–Crippen MR) is 137 cm³/mol. The van der Waals surface area contributed by atoms with E-state index in [1.165, 1.54) is 23.6 Å². The summed E-state index contributed by atoms with van der Waals surface area (Å²) in [5, 5.41) is 16.3. The zero-order valence-corrected chi connectivity index (χ0v) is 20.4. The number of hydrogen-bond donors (Lipinski definition) is 1. The van der Waals surface area contributed by atoms with Gasteiger partial charge in [0.15, 0.2) is 0 Å². The summed E-state index contributed by atoms with van der Waals surface area (Å²) in [7, 11) is 1.55. The molecule has 0 aliphatic rings. The lowest BCUT2D eigenvalue weighted by atomic mass is 10.1. The maximum Gasteiger partial charge on any atom is 0.283 e. The van der Waals surface area contributed by atoms with Gasteiger partial charge < -0.3 is 9.47 Å². The van der Waals surface area contributed by atoms with E-state index in [1.54, 1.807) is 38.3 Å². The normalized spacial score (nSPS) is 11.1. The van der Waals surface area contributed by atoms with E-state index in [-0.39, 0.29) is 12.3 Å². The van der Waals surface area contributed by atoms with E-state index in [2.05, 4.69) is 10.5 Å².